The largest absolute Gasteiger partial charge is 0.319 e. The highest BCUT2D eigenvalue weighted by Crippen LogP contribution is 2.30. The molecular weight excluding hydrogens is 294 g/mol. The maximum Gasteiger partial charge on any atom is 0.230 e. The first-order valence-electron chi connectivity index (χ1n) is 6.27. The lowest BCUT2D eigenvalue weighted by atomic mass is 10.1. The molecule has 0 bridgehead atoms. The second-order valence-electron chi connectivity index (χ2n) is 4.47. The van der Waals surface area contributed by atoms with Crippen LogP contribution in [-0.2, 0) is 4.79 Å². The van der Waals surface area contributed by atoms with E-state index in [9.17, 15) is 4.79 Å². The van der Waals surface area contributed by atoms with E-state index in [1.165, 1.54) is 11.3 Å². The van der Waals surface area contributed by atoms with Gasteiger partial charge in [0.25, 0.3) is 0 Å². The zero-order valence-electron chi connectivity index (χ0n) is 11.3. The maximum atomic E-state index is 11.9. The Morgan fingerprint density at radius 2 is 2.20 bits per heavy atom. The molecule has 0 aliphatic heterocycles. The van der Waals surface area contributed by atoms with E-state index in [1.54, 1.807) is 0 Å². The molecule has 2 rings (SSSR count). The van der Waals surface area contributed by atoms with Crippen LogP contribution in [0.15, 0.2) is 29.6 Å². The maximum absolute atomic E-state index is 11.9. The van der Waals surface area contributed by atoms with Crippen molar-refractivity contribution in [1.82, 2.24) is 10.3 Å². The number of amides is 1. The van der Waals surface area contributed by atoms with Crippen molar-refractivity contribution in [2.45, 2.75) is 6.92 Å². The molecule has 1 aromatic heterocycles. The number of nitrogens with one attached hydrogen (secondary N) is 2. The third kappa shape index (κ3) is 3.56. The Morgan fingerprint density at radius 3 is 2.90 bits per heavy atom. The number of thiazole rings is 1. The third-order valence-electron chi connectivity index (χ3n) is 2.84. The predicted octanol–water partition coefficient (Wildman–Crippen LogP) is 3.26. The van der Waals surface area contributed by atoms with Crippen molar-refractivity contribution in [3.8, 4) is 11.3 Å². The van der Waals surface area contributed by atoms with Gasteiger partial charge in [-0.15, -0.1) is 11.3 Å². The summed E-state index contributed by atoms with van der Waals surface area (Å²) < 4.78 is 0. The van der Waals surface area contributed by atoms with E-state index >= 15 is 0 Å². The molecule has 1 atom stereocenters. The van der Waals surface area contributed by atoms with E-state index in [4.69, 9.17) is 11.6 Å². The standard InChI is InChI=1S/C14H16ClN3OS/c1-9(7-16-2)13(19)18-14-17-12(8-20-14)10-5-3-4-6-11(10)15/h3-6,8-9,16H,7H2,1-2H3,(H,17,18,19). The van der Waals surface area contributed by atoms with Crippen LogP contribution < -0.4 is 10.6 Å². The van der Waals surface area contributed by atoms with E-state index in [-0.39, 0.29) is 11.8 Å². The summed E-state index contributed by atoms with van der Waals surface area (Å²) in [4.78, 5) is 16.3. The van der Waals surface area contributed by atoms with Gasteiger partial charge >= 0.3 is 0 Å². The first-order chi connectivity index (χ1) is 9.61. The van der Waals surface area contributed by atoms with Crippen LogP contribution in [0.1, 0.15) is 6.92 Å². The Morgan fingerprint density at radius 1 is 1.45 bits per heavy atom. The fourth-order valence-corrected chi connectivity index (χ4v) is 2.70. The number of benzene rings is 1. The fraction of sp³-hybridized carbons (Fsp3) is 0.286. The molecule has 1 aromatic carbocycles. The molecule has 0 aliphatic carbocycles. The highest BCUT2D eigenvalue weighted by molar-refractivity contribution is 7.14. The fourth-order valence-electron chi connectivity index (χ4n) is 1.75. The van der Waals surface area contributed by atoms with Gasteiger partial charge in [0.2, 0.25) is 5.91 Å². The van der Waals surface area contributed by atoms with Gasteiger partial charge in [0, 0.05) is 28.4 Å². The molecule has 1 heterocycles. The van der Waals surface area contributed by atoms with Gasteiger partial charge in [-0.1, -0.05) is 36.7 Å². The summed E-state index contributed by atoms with van der Waals surface area (Å²) in [5, 5.41) is 8.93. The molecule has 6 heteroatoms. The van der Waals surface area contributed by atoms with Gasteiger partial charge in [-0.25, -0.2) is 4.98 Å². The Kier molecular flexibility index (Phi) is 5.11. The van der Waals surface area contributed by atoms with Gasteiger partial charge in [0.05, 0.1) is 5.69 Å². The van der Waals surface area contributed by atoms with Gasteiger partial charge in [0.15, 0.2) is 5.13 Å². The molecule has 0 saturated carbocycles. The van der Waals surface area contributed by atoms with E-state index < -0.39 is 0 Å². The van der Waals surface area contributed by atoms with Crippen molar-refractivity contribution in [3.63, 3.8) is 0 Å². The van der Waals surface area contributed by atoms with Gasteiger partial charge < -0.3 is 10.6 Å². The lowest BCUT2D eigenvalue weighted by Gasteiger charge is -2.09. The van der Waals surface area contributed by atoms with Crippen LogP contribution in [0, 0.1) is 5.92 Å². The highest BCUT2D eigenvalue weighted by Gasteiger charge is 2.14. The second-order valence-corrected chi connectivity index (χ2v) is 5.73. The number of hydrogen-bond donors (Lipinski definition) is 2. The van der Waals surface area contributed by atoms with E-state index in [1.807, 2.05) is 43.6 Å². The van der Waals surface area contributed by atoms with Crippen molar-refractivity contribution in [2.24, 2.45) is 5.92 Å². The number of aromatic nitrogens is 1. The van der Waals surface area contributed by atoms with Crippen LogP contribution in [-0.4, -0.2) is 24.5 Å². The zero-order chi connectivity index (χ0) is 14.5. The van der Waals surface area contributed by atoms with Crippen molar-refractivity contribution in [2.75, 3.05) is 18.9 Å². The Balaban J connectivity index is 2.10. The minimum absolute atomic E-state index is 0.0422. The van der Waals surface area contributed by atoms with Crippen LogP contribution in [0.3, 0.4) is 0 Å². The van der Waals surface area contributed by atoms with Gasteiger partial charge in [-0.2, -0.15) is 0 Å². The van der Waals surface area contributed by atoms with Crippen LogP contribution >= 0.6 is 22.9 Å². The number of anilines is 1. The van der Waals surface area contributed by atoms with Gasteiger partial charge in [0.1, 0.15) is 0 Å². The molecule has 2 aromatic rings. The van der Waals surface area contributed by atoms with Crippen molar-refractivity contribution in [3.05, 3.63) is 34.7 Å². The quantitative estimate of drug-likeness (QED) is 0.891. The molecule has 4 nitrogen and oxygen atoms in total. The van der Waals surface area contributed by atoms with Crippen LogP contribution in [0.25, 0.3) is 11.3 Å². The first kappa shape index (κ1) is 15.0. The van der Waals surface area contributed by atoms with E-state index in [0.717, 1.165) is 11.3 Å². The van der Waals surface area contributed by atoms with Crippen molar-refractivity contribution in [1.29, 1.82) is 0 Å². The normalized spacial score (nSPS) is 12.2. The molecule has 20 heavy (non-hydrogen) atoms. The summed E-state index contributed by atoms with van der Waals surface area (Å²) in [6, 6.07) is 7.52. The monoisotopic (exact) mass is 309 g/mol. The number of carbonyl (C=O) groups is 1. The van der Waals surface area contributed by atoms with Gasteiger partial charge in [-0.05, 0) is 13.1 Å². The highest BCUT2D eigenvalue weighted by atomic mass is 35.5. The molecule has 0 fully saturated rings. The molecule has 0 saturated heterocycles. The number of hydrogen-bond acceptors (Lipinski definition) is 4. The zero-order valence-corrected chi connectivity index (χ0v) is 12.9. The first-order valence-corrected chi connectivity index (χ1v) is 7.53. The minimum atomic E-state index is -0.104. The Bertz CT molecular complexity index is 600. The Hall–Kier alpha value is -1.43. The predicted molar refractivity (Wildman–Crippen MR) is 84.3 cm³/mol. The van der Waals surface area contributed by atoms with Crippen molar-refractivity contribution < 1.29 is 4.79 Å². The Labute approximate surface area is 127 Å². The molecule has 2 N–H and O–H groups in total. The summed E-state index contributed by atoms with van der Waals surface area (Å²) in [5.74, 6) is -0.146. The SMILES string of the molecule is CNCC(C)C(=O)Nc1nc(-c2ccccc2Cl)cs1. The molecule has 0 radical (unpaired) electrons. The second kappa shape index (κ2) is 6.83. The molecule has 106 valence electrons. The summed E-state index contributed by atoms with van der Waals surface area (Å²) in [5.41, 5.74) is 1.64. The number of halogens is 1. The number of rotatable bonds is 5. The van der Waals surface area contributed by atoms with Crippen molar-refractivity contribution >= 4 is 34.0 Å². The average molecular weight is 310 g/mol. The lowest BCUT2D eigenvalue weighted by Crippen LogP contribution is -2.28. The lowest BCUT2D eigenvalue weighted by molar-refractivity contribution is -0.119. The molecular formula is C14H16ClN3OS. The topological polar surface area (TPSA) is 54.0 Å². The molecule has 1 unspecified atom stereocenters. The average Bonchev–Trinajstić information content (AvgIpc) is 2.87. The summed E-state index contributed by atoms with van der Waals surface area (Å²) >= 11 is 7.53. The third-order valence-corrected chi connectivity index (χ3v) is 3.93. The molecule has 0 spiro atoms. The van der Waals surface area contributed by atoms with E-state index in [0.29, 0.717) is 16.7 Å². The van der Waals surface area contributed by atoms with E-state index in [2.05, 4.69) is 15.6 Å². The molecule has 1 amide bonds. The van der Waals surface area contributed by atoms with Crippen LogP contribution in [0.4, 0.5) is 5.13 Å². The summed E-state index contributed by atoms with van der Waals surface area (Å²) in [6.07, 6.45) is 0. The minimum Gasteiger partial charge on any atom is -0.319 e. The van der Waals surface area contributed by atoms with Gasteiger partial charge in [-0.3, -0.25) is 4.79 Å². The van der Waals surface area contributed by atoms with Crippen LogP contribution in [0.2, 0.25) is 5.02 Å². The number of nitrogens with zero attached hydrogens (tertiary/aromatic N) is 1. The van der Waals surface area contributed by atoms with Crippen LogP contribution in [0.5, 0.6) is 0 Å². The summed E-state index contributed by atoms with van der Waals surface area (Å²) in [6.45, 7) is 2.50. The molecule has 0 aliphatic rings. The summed E-state index contributed by atoms with van der Waals surface area (Å²) in [7, 11) is 1.82. The number of carbonyl (C=O) groups excluding carboxylic acids is 1. The smallest absolute Gasteiger partial charge is 0.230 e.